The van der Waals surface area contributed by atoms with Gasteiger partial charge in [0.15, 0.2) is 5.78 Å². The van der Waals surface area contributed by atoms with Crippen molar-refractivity contribution in [3.8, 4) is 0 Å². The van der Waals surface area contributed by atoms with Crippen molar-refractivity contribution in [2.75, 3.05) is 0 Å². The average molecular weight is 320 g/mol. The van der Waals surface area contributed by atoms with Gasteiger partial charge < -0.3 is 0 Å². The fraction of sp³-hybridized carbons (Fsp3) is 0.105. The van der Waals surface area contributed by atoms with Crippen LogP contribution >= 0.6 is 0 Å². The molecule has 0 aliphatic carbocycles. The molecule has 120 valence electrons. The Balaban J connectivity index is 1.90. The van der Waals surface area contributed by atoms with E-state index in [0.717, 1.165) is 10.1 Å². The summed E-state index contributed by atoms with van der Waals surface area (Å²) in [6.07, 6.45) is 1.37. The number of Topliss-reactive ketones (excluding diaryl/α,β-unsaturated/α-hetero) is 1. The van der Waals surface area contributed by atoms with E-state index in [-0.39, 0.29) is 24.4 Å². The van der Waals surface area contributed by atoms with Crippen molar-refractivity contribution in [2.45, 2.75) is 13.1 Å². The first-order chi connectivity index (χ1) is 11.6. The molecule has 1 heterocycles. The van der Waals surface area contributed by atoms with Crippen LogP contribution in [0.15, 0.2) is 82.5 Å². The first kappa shape index (κ1) is 15.7. The summed E-state index contributed by atoms with van der Waals surface area (Å²) in [5, 5.41) is 0. The lowest BCUT2D eigenvalue weighted by Gasteiger charge is -2.09. The molecule has 0 N–H and O–H groups in total. The van der Waals surface area contributed by atoms with Gasteiger partial charge in [-0.1, -0.05) is 60.7 Å². The van der Waals surface area contributed by atoms with Crippen molar-refractivity contribution in [3.63, 3.8) is 0 Å². The second-order valence-electron chi connectivity index (χ2n) is 5.43. The van der Waals surface area contributed by atoms with Crippen molar-refractivity contribution in [2.24, 2.45) is 0 Å². The van der Waals surface area contributed by atoms with Gasteiger partial charge in [0, 0.05) is 17.8 Å². The number of benzene rings is 2. The molecule has 0 fully saturated rings. The first-order valence-corrected chi connectivity index (χ1v) is 7.57. The zero-order valence-corrected chi connectivity index (χ0v) is 13.0. The Morgan fingerprint density at radius 2 is 1.46 bits per heavy atom. The van der Waals surface area contributed by atoms with Gasteiger partial charge in [-0.05, 0) is 5.56 Å². The van der Waals surface area contributed by atoms with Gasteiger partial charge in [-0.25, -0.2) is 4.79 Å². The summed E-state index contributed by atoms with van der Waals surface area (Å²) in [5.41, 5.74) is 0.511. The Hall–Kier alpha value is -3.21. The quantitative estimate of drug-likeness (QED) is 0.675. The van der Waals surface area contributed by atoms with E-state index < -0.39 is 5.69 Å². The summed E-state index contributed by atoms with van der Waals surface area (Å²) < 4.78 is 2.40. The molecule has 2 aromatic carbocycles. The number of hydrogen-bond acceptors (Lipinski definition) is 3. The van der Waals surface area contributed by atoms with Gasteiger partial charge in [0.2, 0.25) is 0 Å². The number of aromatic nitrogens is 2. The lowest BCUT2D eigenvalue weighted by atomic mass is 10.1. The molecule has 0 radical (unpaired) electrons. The maximum Gasteiger partial charge on any atom is 0.331 e. The van der Waals surface area contributed by atoms with E-state index in [1.54, 1.807) is 24.3 Å². The number of carbonyl (C=O) groups is 1. The minimum atomic E-state index is -0.490. The normalized spacial score (nSPS) is 10.5. The number of rotatable bonds is 5. The molecular formula is C19H16N2O3. The van der Waals surface area contributed by atoms with Crippen molar-refractivity contribution in [1.29, 1.82) is 0 Å². The Morgan fingerprint density at radius 1 is 0.833 bits per heavy atom. The van der Waals surface area contributed by atoms with Gasteiger partial charge in [0.1, 0.15) is 0 Å². The maximum atomic E-state index is 12.5. The van der Waals surface area contributed by atoms with E-state index in [2.05, 4.69) is 0 Å². The molecule has 5 heteroatoms. The van der Waals surface area contributed by atoms with Crippen LogP contribution in [0.25, 0.3) is 0 Å². The molecule has 3 rings (SSSR count). The third-order valence-corrected chi connectivity index (χ3v) is 3.73. The Labute approximate surface area is 138 Å². The molecule has 5 nitrogen and oxygen atoms in total. The lowest BCUT2D eigenvalue weighted by Crippen LogP contribution is -2.40. The number of carbonyl (C=O) groups excluding carboxylic acids is 1. The van der Waals surface area contributed by atoms with Gasteiger partial charge in [0.05, 0.1) is 13.1 Å². The first-order valence-electron chi connectivity index (χ1n) is 7.57. The van der Waals surface area contributed by atoms with Crippen LogP contribution in [0.4, 0.5) is 0 Å². The summed E-state index contributed by atoms with van der Waals surface area (Å²) in [7, 11) is 0. The second kappa shape index (κ2) is 6.91. The smallest absolute Gasteiger partial charge is 0.293 e. The van der Waals surface area contributed by atoms with Gasteiger partial charge in [-0.3, -0.25) is 18.7 Å². The van der Waals surface area contributed by atoms with E-state index in [0.29, 0.717) is 5.56 Å². The highest BCUT2D eigenvalue weighted by Gasteiger charge is 2.10. The predicted octanol–water partition coefficient (Wildman–Crippen LogP) is 1.94. The highest BCUT2D eigenvalue weighted by Crippen LogP contribution is 2.02. The third-order valence-electron chi connectivity index (χ3n) is 3.73. The minimum Gasteiger partial charge on any atom is -0.293 e. The SMILES string of the molecule is O=C(Cn1ccc(=O)n(Cc2ccccc2)c1=O)c1ccccc1. The topological polar surface area (TPSA) is 61.1 Å². The van der Waals surface area contributed by atoms with Crippen LogP contribution in [-0.4, -0.2) is 14.9 Å². The molecule has 24 heavy (non-hydrogen) atoms. The molecule has 0 unspecified atom stereocenters. The zero-order chi connectivity index (χ0) is 16.9. The molecule has 0 amide bonds. The fourth-order valence-corrected chi connectivity index (χ4v) is 2.46. The van der Waals surface area contributed by atoms with Crippen LogP contribution in [0.3, 0.4) is 0 Å². The summed E-state index contributed by atoms with van der Waals surface area (Å²) in [6, 6.07) is 19.3. The predicted molar refractivity (Wildman–Crippen MR) is 91.3 cm³/mol. The van der Waals surface area contributed by atoms with Gasteiger partial charge >= 0.3 is 5.69 Å². The lowest BCUT2D eigenvalue weighted by molar-refractivity contribution is 0.0969. The molecule has 0 aliphatic heterocycles. The molecule has 0 bridgehead atoms. The van der Waals surface area contributed by atoms with Crippen LogP contribution in [0.5, 0.6) is 0 Å². The molecule has 0 spiro atoms. The summed E-state index contributed by atoms with van der Waals surface area (Å²) in [4.78, 5) is 36.8. The van der Waals surface area contributed by atoms with E-state index in [1.807, 2.05) is 36.4 Å². The van der Waals surface area contributed by atoms with E-state index in [9.17, 15) is 14.4 Å². The summed E-state index contributed by atoms with van der Waals surface area (Å²) >= 11 is 0. The fourth-order valence-electron chi connectivity index (χ4n) is 2.46. The third kappa shape index (κ3) is 3.41. The molecule has 1 aromatic heterocycles. The number of hydrogen-bond donors (Lipinski definition) is 0. The average Bonchev–Trinajstić information content (AvgIpc) is 2.62. The number of ketones is 1. The molecular weight excluding hydrogens is 304 g/mol. The monoisotopic (exact) mass is 320 g/mol. The van der Waals surface area contributed by atoms with Crippen LogP contribution in [-0.2, 0) is 13.1 Å². The molecule has 0 atom stereocenters. The minimum absolute atomic E-state index is 0.0993. The van der Waals surface area contributed by atoms with E-state index in [1.165, 1.54) is 16.8 Å². The highest BCUT2D eigenvalue weighted by molar-refractivity contribution is 5.95. The van der Waals surface area contributed by atoms with E-state index >= 15 is 0 Å². The van der Waals surface area contributed by atoms with Gasteiger partial charge in [-0.15, -0.1) is 0 Å². The molecule has 0 aliphatic rings. The largest absolute Gasteiger partial charge is 0.331 e. The van der Waals surface area contributed by atoms with Gasteiger partial charge in [-0.2, -0.15) is 0 Å². The zero-order valence-electron chi connectivity index (χ0n) is 13.0. The number of nitrogens with zero attached hydrogens (tertiary/aromatic N) is 2. The Kier molecular flexibility index (Phi) is 4.52. The molecule has 0 saturated heterocycles. The van der Waals surface area contributed by atoms with Crippen molar-refractivity contribution in [1.82, 2.24) is 9.13 Å². The standard InChI is InChI=1S/C19H16N2O3/c22-17(16-9-5-2-6-10-16)14-20-12-11-18(23)21(19(20)24)13-15-7-3-1-4-8-15/h1-12H,13-14H2. The van der Waals surface area contributed by atoms with E-state index in [4.69, 9.17) is 0 Å². The Morgan fingerprint density at radius 3 is 2.12 bits per heavy atom. The van der Waals surface area contributed by atoms with Crippen LogP contribution < -0.4 is 11.2 Å². The van der Waals surface area contributed by atoms with Gasteiger partial charge in [0.25, 0.3) is 5.56 Å². The van der Waals surface area contributed by atoms with Crippen molar-refractivity contribution < 1.29 is 4.79 Å². The van der Waals surface area contributed by atoms with Crippen LogP contribution in [0, 0.1) is 0 Å². The molecule has 3 aromatic rings. The van der Waals surface area contributed by atoms with Crippen LogP contribution in [0.1, 0.15) is 15.9 Å². The summed E-state index contributed by atoms with van der Waals surface area (Å²) in [5.74, 6) is -0.178. The maximum absolute atomic E-state index is 12.5. The summed E-state index contributed by atoms with van der Waals surface area (Å²) in [6.45, 7) is 0.0801. The molecule has 0 saturated carbocycles. The van der Waals surface area contributed by atoms with Crippen molar-refractivity contribution >= 4 is 5.78 Å². The van der Waals surface area contributed by atoms with Crippen molar-refractivity contribution in [3.05, 3.63) is 105 Å². The highest BCUT2D eigenvalue weighted by atomic mass is 16.2. The Bertz CT molecular complexity index is 957. The van der Waals surface area contributed by atoms with Crippen LogP contribution in [0.2, 0.25) is 0 Å². The second-order valence-corrected chi connectivity index (χ2v) is 5.43.